The lowest BCUT2D eigenvalue weighted by atomic mass is 10.1. The van der Waals surface area contributed by atoms with Crippen molar-refractivity contribution in [1.29, 1.82) is 0 Å². The first-order valence-corrected chi connectivity index (χ1v) is 6.97. The van der Waals surface area contributed by atoms with E-state index in [1.807, 2.05) is 12.1 Å². The quantitative estimate of drug-likeness (QED) is 0.903. The van der Waals surface area contributed by atoms with Gasteiger partial charge in [0.25, 0.3) is 0 Å². The third-order valence-electron chi connectivity index (χ3n) is 2.42. The van der Waals surface area contributed by atoms with Crippen molar-refractivity contribution in [2.45, 2.75) is 19.4 Å². The summed E-state index contributed by atoms with van der Waals surface area (Å²) in [5.74, 6) is 1.00. The Hall–Kier alpha value is -0.580. The molecule has 0 spiro atoms. The zero-order valence-electron chi connectivity index (χ0n) is 9.07. The molecule has 0 amide bonds. The molecule has 16 heavy (non-hydrogen) atoms. The number of rotatable bonds is 5. The standard InChI is InChI=1S/C12H14BrNOS/c1-2-14-10(11-4-3-6-15-11)8-12-9(13)5-7-16-12/h3-7,10,14H,2,8H2,1H3. The Kier molecular flexibility index (Phi) is 4.21. The molecule has 2 nitrogen and oxygen atoms in total. The minimum atomic E-state index is 0.259. The summed E-state index contributed by atoms with van der Waals surface area (Å²) in [5, 5.41) is 5.54. The van der Waals surface area contributed by atoms with Crippen molar-refractivity contribution >= 4 is 27.3 Å². The molecule has 0 saturated carbocycles. The van der Waals surface area contributed by atoms with E-state index in [1.165, 1.54) is 9.35 Å². The molecule has 0 aliphatic carbocycles. The van der Waals surface area contributed by atoms with E-state index in [-0.39, 0.29) is 6.04 Å². The van der Waals surface area contributed by atoms with E-state index in [9.17, 15) is 0 Å². The zero-order valence-corrected chi connectivity index (χ0v) is 11.5. The van der Waals surface area contributed by atoms with Crippen LogP contribution in [0.5, 0.6) is 0 Å². The van der Waals surface area contributed by atoms with E-state index in [4.69, 9.17) is 4.42 Å². The second kappa shape index (κ2) is 5.66. The van der Waals surface area contributed by atoms with E-state index in [0.29, 0.717) is 0 Å². The molecule has 0 aliphatic rings. The normalized spacial score (nSPS) is 12.9. The van der Waals surface area contributed by atoms with Crippen LogP contribution in [0.4, 0.5) is 0 Å². The predicted octanol–water partition coefficient (Wildman–Crippen LogP) is 4.00. The first kappa shape index (κ1) is 11.9. The summed E-state index contributed by atoms with van der Waals surface area (Å²) in [7, 11) is 0. The summed E-state index contributed by atoms with van der Waals surface area (Å²) < 4.78 is 6.65. The molecule has 0 bridgehead atoms. The SMILES string of the molecule is CCNC(Cc1sccc1Br)c1ccco1. The fraction of sp³-hybridized carbons (Fsp3) is 0.333. The molecule has 0 aromatic carbocycles. The van der Waals surface area contributed by atoms with E-state index in [0.717, 1.165) is 18.7 Å². The summed E-state index contributed by atoms with van der Waals surface area (Å²) in [4.78, 5) is 1.35. The van der Waals surface area contributed by atoms with Crippen molar-refractivity contribution in [1.82, 2.24) is 5.32 Å². The Bertz CT molecular complexity index is 424. The highest BCUT2D eigenvalue weighted by Gasteiger charge is 2.15. The molecular formula is C12H14BrNOS. The Balaban J connectivity index is 2.12. The van der Waals surface area contributed by atoms with Crippen LogP contribution in [0.1, 0.15) is 23.6 Å². The van der Waals surface area contributed by atoms with Gasteiger partial charge < -0.3 is 9.73 Å². The van der Waals surface area contributed by atoms with Gasteiger partial charge in [-0.2, -0.15) is 0 Å². The Morgan fingerprint density at radius 2 is 2.38 bits per heavy atom. The highest BCUT2D eigenvalue weighted by atomic mass is 79.9. The Morgan fingerprint density at radius 3 is 2.94 bits per heavy atom. The van der Waals surface area contributed by atoms with Crippen LogP contribution in [0.15, 0.2) is 38.7 Å². The molecule has 0 aliphatic heterocycles. The summed E-state index contributed by atoms with van der Waals surface area (Å²) in [5.41, 5.74) is 0. The van der Waals surface area contributed by atoms with Crippen molar-refractivity contribution in [3.63, 3.8) is 0 Å². The molecule has 1 atom stereocenters. The molecule has 2 heterocycles. The van der Waals surface area contributed by atoms with E-state index >= 15 is 0 Å². The van der Waals surface area contributed by atoms with Crippen LogP contribution in [-0.4, -0.2) is 6.54 Å². The van der Waals surface area contributed by atoms with Crippen LogP contribution in [-0.2, 0) is 6.42 Å². The lowest BCUT2D eigenvalue weighted by molar-refractivity contribution is 0.417. The molecular weight excluding hydrogens is 286 g/mol. The van der Waals surface area contributed by atoms with Crippen molar-refractivity contribution in [2.75, 3.05) is 6.54 Å². The van der Waals surface area contributed by atoms with Gasteiger partial charge >= 0.3 is 0 Å². The van der Waals surface area contributed by atoms with Crippen LogP contribution in [0.25, 0.3) is 0 Å². The predicted molar refractivity (Wildman–Crippen MR) is 70.8 cm³/mol. The minimum Gasteiger partial charge on any atom is -0.468 e. The molecule has 1 unspecified atom stereocenters. The van der Waals surface area contributed by atoms with Crippen LogP contribution in [0.3, 0.4) is 0 Å². The average Bonchev–Trinajstić information content (AvgIpc) is 2.90. The van der Waals surface area contributed by atoms with Gasteiger partial charge in [0.1, 0.15) is 5.76 Å². The van der Waals surface area contributed by atoms with Crippen LogP contribution >= 0.6 is 27.3 Å². The monoisotopic (exact) mass is 299 g/mol. The van der Waals surface area contributed by atoms with Gasteiger partial charge in [-0.15, -0.1) is 11.3 Å². The average molecular weight is 300 g/mol. The van der Waals surface area contributed by atoms with Gasteiger partial charge in [-0.1, -0.05) is 6.92 Å². The van der Waals surface area contributed by atoms with Gasteiger partial charge in [-0.05, 0) is 46.1 Å². The maximum atomic E-state index is 5.46. The smallest absolute Gasteiger partial charge is 0.121 e. The number of hydrogen-bond donors (Lipinski definition) is 1. The molecule has 0 radical (unpaired) electrons. The summed E-state index contributed by atoms with van der Waals surface area (Å²) in [6.07, 6.45) is 2.68. The Labute approximate surface area is 108 Å². The van der Waals surface area contributed by atoms with Gasteiger partial charge in [0.05, 0.1) is 12.3 Å². The number of furan rings is 1. The molecule has 0 fully saturated rings. The highest BCUT2D eigenvalue weighted by molar-refractivity contribution is 9.10. The molecule has 86 valence electrons. The van der Waals surface area contributed by atoms with Crippen molar-refractivity contribution in [3.05, 3.63) is 45.0 Å². The molecule has 2 rings (SSSR count). The molecule has 1 N–H and O–H groups in total. The highest BCUT2D eigenvalue weighted by Crippen LogP contribution is 2.28. The number of hydrogen-bond acceptors (Lipinski definition) is 3. The lowest BCUT2D eigenvalue weighted by Crippen LogP contribution is -2.22. The van der Waals surface area contributed by atoms with Crippen molar-refractivity contribution in [3.8, 4) is 0 Å². The molecule has 2 aromatic heterocycles. The first-order valence-electron chi connectivity index (χ1n) is 5.30. The molecule has 4 heteroatoms. The fourth-order valence-corrected chi connectivity index (χ4v) is 3.23. The summed E-state index contributed by atoms with van der Waals surface area (Å²) in [6.45, 7) is 3.05. The third-order valence-corrected chi connectivity index (χ3v) is 4.37. The second-order valence-corrected chi connectivity index (χ2v) is 5.38. The maximum absolute atomic E-state index is 5.46. The second-order valence-electron chi connectivity index (χ2n) is 3.52. The number of halogens is 1. The van der Waals surface area contributed by atoms with Crippen molar-refractivity contribution in [2.24, 2.45) is 0 Å². The van der Waals surface area contributed by atoms with Crippen molar-refractivity contribution < 1.29 is 4.42 Å². The van der Waals surface area contributed by atoms with Crippen LogP contribution in [0.2, 0.25) is 0 Å². The first-order chi connectivity index (χ1) is 7.81. The van der Waals surface area contributed by atoms with E-state index < -0.39 is 0 Å². The van der Waals surface area contributed by atoms with Crippen LogP contribution in [0, 0.1) is 0 Å². The Morgan fingerprint density at radius 1 is 1.50 bits per heavy atom. The summed E-state index contributed by atoms with van der Waals surface area (Å²) >= 11 is 5.33. The van der Waals surface area contributed by atoms with E-state index in [1.54, 1.807) is 17.6 Å². The lowest BCUT2D eigenvalue weighted by Gasteiger charge is -2.14. The molecule has 2 aromatic rings. The topological polar surface area (TPSA) is 25.2 Å². The molecule has 0 saturated heterocycles. The number of thiophene rings is 1. The largest absolute Gasteiger partial charge is 0.468 e. The minimum absolute atomic E-state index is 0.259. The number of likely N-dealkylation sites (N-methyl/N-ethyl adjacent to an activating group) is 1. The van der Waals surface area contributed by atoms with Gasteiger partial charge in [-0.3, -0.25) is 0 Å². The maximum Gasteiger partial charge on any atom is 0.121 e. The van der Waals surface area contributed by atoms with Crippen LogP contribution < -0.4 is 5.32 Å². The fourth-order valence-electron chi connectivity index (χ4n) is 1.67. The third kappa shape index (κ3) is 2.75. The van der Waals surface area contributed by atoms with Gasteiger partial charge in [-0.25, -0.2) is 0 Å². The van der Waals surface area contributed by atoms with Gasteiger partial charge in [0.2, 0.25) is 0 Å². The summed E-state index contributed by atoms with van der Waals surface area (Å²) in [6, 6.07) is 6.30. The van der Waals surface area contributed by atoms with Gasteiger partial charge in [0.15, 0.2) is 0 Å². The zero-order chi connectivity index (χ0) is 11.4. The van der Waals surface area contributed by atoms with Gasteiger partial charge in [0, 0.05) is 15.8 Å². The van der Waals surface area contributed by atoms with E-state index in [2.05, 4.69) is 39.6 Å². The number of nitrogens with one attached hydrogen (secondary N) is 1.